The first-order valence-corrected chi connectivity index (χ1v) is 12.3. The highest BCUT2D eigenvalue weighted by Gasteiger charge is 2.26. The van der Waals surface area contributed by atoms with Crippen molar-refractivity contribution < 1.29 is 4.79 Å². The third-order valence-corrected chi connectivity index (χ3v) is 7.76. The van der Waals surface area contributed by atoms with Crippen molar-refractivity contribution in [3.05, 3.63) is 20.8 Å². The van der Waals surface area contributed by atoms with E-state index < -0.39 is 0 Å². The second-order valence-electron chi connectivity index (χ2n) is 7.36. The molecule has 0 saturated carbocycles. The maximum absolute atomic E-state index is 13.3. The van der Waals surface area contributed by atoms with E-state index in [0.29, 0.717) is 25.4 Å². The summed E-state index contributed by atoms with van der Waals surface area (Å²) >= 11 is 3.38. The summed E-state index contributed by atoms with van der Waals surface area (Å²) in [6.07, 6.45) is 4.46. The minimum absolute atomic E-state index is 0.111. The number of thioether (sulfide) groups is 1. The molecule has 1 fully saturated rings. The molecule has 1 aliphatic heterocycles. The summed E-state index contributed by atoms with van der Waals surface area (Å²) in [7, 11) is 0. The van der Waals surface area contributed by atoms with Gasteiger partial charge in [-0.2, -0.15) is 11.8 Å². The summed E-state index contributed by atoms with van der Waals surface area (Å²) in [6, 6.07) is 0. The maximum Gasteiger partial charge on any atom is 0.263 e. The van der Waals surface area contributed by atoms with Crippen LogP contribution in [0.25, 0.3) is 10.2 Å². The van der Waals surface area contributed by atoms with Crippen LogP contribution < -0.4 is 10.5 Å². The predicted molar refractivity (Wildman–Crippen MR) is 118 cm³/mol. The van der Waals surface area contributed by atoms with E-state index in [1.807, 2.05) is 16.4 Å². The molecular formula is C20H28N4O2S2. The fraction of sp³-hybridized carbons (Fsp3) is 0.650. The Labute approximate surface area is 173 Å². The smallest absolute Gasteiger partial charge is 0.263 e. The first-order chi connectivity index (χ1) is 13.6. The summed E-state index contributed by atoms with van der Waals surface area (Å²) in [5.41, 5.74) is 1.36. The lowest BCUT2D eigenvalue weighted by molar-refractivity contribution is -0.128. The normalized spacial score (nSPS) is 17.2. The van der Waals surface area contributed by atoms with Crippen molar-refractivity contribution in [1.29, 1.82) is 0 Å². The van der Waals surface area contributed by atoms with Crippen LogP contribution in [0.1, 0.15) is 37.1 Å². The summed E-state index contributed by atoms with van der Waals surface area (Å²) < 4.78 is 1.83. The van der Waals surface area contributed by atoms with Crippen LogP contribution in [0.3, 0.4) is 0 Å². The van der Waals surface area contributed by atoms with Crippen LogP contribution in [0.15, 0.2) is 4.79 Å². The number of aromatic nitrogens is 2. The molecule has 0 unspecified atom stereocenters. The van der Waals surface area contributed by atoms with Crippen LogP contribution in [0.2, 0.25) is 0 Å². The largest absolute Gasteiger partial charge is 0.339 e. The van der Waals surface area contributed by atoms with Gasteiger partial charge in [-0.3, -0.25) is 14.2 Å². The van der Waals surface area contributed by atoms with Crippen LogP contribution in [0.5, 0.6) is 0 Å². The van der Waals surface area contributed by atoms with Crippen LogP contribution >= 0.6 is 23.1 Å². The number of amides is 1. The van der Waals surface area contributed by atoms with Gasteiger partial charge in [0.1, 0.15) is 4.83 Å². The van der Waals surface area contributed by atoms with E-state index in [1.54, 1.807) is 23.1 Å². The molecule has 1 saturated heterocycles. The molecule has 1 amide bonds. The molecule has 3 heterocycles. The number of thiophene rings is 1. The Bertz CT molecular complexity index is 928. The van der Waals surface area contributed by atoms with Crippen molar-refractivity contribution in [2.24, 2.45) is 0 Å². The standard InChI is InChI=1S/C20H28N4O2S2/c1-3-24-19(26)17-14-7-5-6-8-15(14)28-18(17)21-20(24)23-11-9-22(10-12-23)16(25)13-27-4-2/h3-13H2,1-2H3. The van der Waals surface area contributed by atoms with E-state index >= 15 is 0 Å². The number of piperazine rings is 1. The van der Waals surface area contributed by atoms with Crippen LogP contribution in [-0.4, -0.2) is 58.0 Å². The monoisotopic (exact) mass is 420 g/mol. The Morgan fingerprint density at radius 1 is 1.14 bits per heavy atom. The summed E-state index contributed by atoms with van der Waals surface area (Å²) in [5.74, 6) is 2.51. The highest BCUT2D eigenvalue weighted by atomic mass is 32.2. The SMILES string of the molecule is CCSCC(=O)N1CCN(c2nc3sc4c(c3c(=O)n2CC)CCCC4)CC1. The molecule has 0 aromatic carbocycles. The second-order valence-corrected chi connectivity index (χ2v) is 9.72. The van der Waals surface area contributed by atoms with Crippen molar-refractivity contribution in [3.63, 3.8) is 0 Å². The Kier molecular flexibility index (Phi) is 5.96. The molecule has 2 aliphatic rings. The molecule has 0 atom stereocenters. The Hall–Kier alpha value is -1.54. The number of anilines is 1. The number of rotatable bonds is 5. The van der Waals surface area contributed by atoms with Gasteiger partial charge in [0.25, 0.3) is 5.56 Å². The molecule has 152 valence electrons. The maximum atomic E-state index is 13.3. The summed E-state index contributed by atoms with van der Waals surface area (Å²) in [4.78, 5) is 36.9. The zero-order valence-corrected chi connectivity index (χ0v) is 18.3. The van der Waals surface area contributed by atoms with Gasteiger partial charge in [0.05, 0.1) is 11.1 Å². The zero-order valence-electron chi connectivity index (χ0n) is 16.7. The number of hydrogen-bond donors (Lipinski definition) is 0. The average molecular weight is 421 g/mol. The molecule has 8 heteroatoms. The molecule has 0 bridgehead atoms. The first-order valence-electron chi connectivity index (χ1n) is 10.3. The van der Waals surface area contributed by atoms with Gasteiger partial charge in [-0.15, -0.1) is 11.3 Å². The van der Waals surface area contributed by atoms with Gasteiger partial charge in [-0.05, 0) is 43.9 Å². The molecule has 0 radical (unpaired) electrons. The molecule has 0 N–H and O–H groups in total. The highest BCUT2D eigenvalue weighted by molar-refractivity contribution is 7.99. The van der Waals surface area contributed by atoms with Crippen LogP contribution in [0.4, 0.5) is 5.95 Å². The lowest BCUT2D eigenvalue weighted by Gasteiger charge is -2.36. The first kappa shape index (κ1) is 19.8. The Balaban J connectivity index is 1.61. The summed E-state index contributed by atoms with van der Waals surface area (Å²) in [5, 5.41) is 0.857. The van der Waals surface area contributed by atoms with Crippen LogP contribution in [-0.2, 0) is 24.2 Å². The molecule has 2 aromatic heterocycles. The van der Waals surface area contributed by atoms with Gasteiger partial charge in [0, 0.05) is 37.6 Å². The second kappa shape index (κ2) is 8.45. The Morgan fingerprint density at radius 3 is 2.61 bits per heavy atom. The predicted octanol–water partition coefficient (Wildman–Crippen LogP) is 2.76. The highest BCUT2D eigenvalue weighted by Crippen LogP contribution is 2.34. The quantitative estimate of drug-likeness (QED) is 0.744. The topological polar surface area (TPSA) is 58.4 Å². The van der Waals surface area contributed by atoms with Gasteiger partial charge in [-0.25, -0.2) is 4.98 Å². The van der Waals surface area contributed by atoms with Crippen molar-refractivity contribution >= 4 is 45.2 Å². The van der Waals surface area contributed by atoms with E-state index in [1.165, 1.54) is 23.3 Å². The third-order valence-electron chi connectivity index (χ3n) is 5.72. The van der Waals surface area contributed by atoms with Crippen molar-refractivity contribution in [2.75, 3.05) is 42.6 Å². The van der Waals surface area contributed by atoms with Crippen LogP contribution in [0, 0.1) is 0 Å². The van der Waals surface area contributed by atoms with Crippen molar-refractivity contribution in [3.8, 4) is 0 Å². The number of carbonyl (C=O) groups excluding carboxylic acids is 1. The van der Waals surface area contributed by atoms with E-state index in [4.69, 9.17) is 4.98 Å². The molecule has 6 nitrogen and oxygen atoms in total. The minimum Gasteiger partial charge on any atom is -0.339 e. The zero-order chi connectivity index (χ0) is 19.7. The molecule has 28 heavy (non-hydrogen) atoms. The molecule has 0 spiro atoms. The lowest BCUT2D eigenvalue weighted by Crippen LogP contribution is -2.50. The number of hydrogen-bond acceptors (Lipinski definition) is 6. The van der Waals surface area contributed by atoms with Gasteiger partial charge in [0.2, 0.25) is 11.9 Å². The average Bonchev–Trinajstić information content (AvgIpc) is 3.10. The minimum atomic E-state index is 0.111. The van der Waals surface area contributed by atoms with Crippen molar-refractivity contribution in [2.45, 2.75) is 46.1 Å². The number of carbonyl (C=O) groups is 1. The number of nitrogens with zero attached hydrogens (tertiary/aromatic N) is 4. The van der Waals surface area contributed by atoms with Gasteiger partial charge >= 0.3 is 0 Å². The fourth-order valence-electron chi connectivity index (χ4n) is 4.19. The van der Waals surface area contributed by atoms with E-state index in [-0.39, 0.29) is 11.5 Å². The third kappa shape index (κ3) is 3.56. The van der Waals surface area contributed by atoms with Gasteiger partial charge in [-0.1, -0.05) is 6.92 Å². The van der Waals surface area contributed by atoms with E-state index in [9.17, 15) is 9.59 Å². The molecule has 1 aliphatic carbocycles. The van der Waals surface area contributed by atoms with E-state index in [0.717, 1.165) is 47.8 Å². The van der Waals surface area contributed by atoms with E-state index in [2.05, 4.69) is 11.8 Å². The lowest BCUT2D eigenvalue weighted by atomic mass is 9.97. The van der Waals surface area contributed by atoms with Gasteiger partial charge in [0.15, 0.2) is 0 Å². The number of aryl methyl sites for hydroxylation is 2. The van der Waals surface area contributed by atoms with Crippen molar-refractivity contribution in [1.82, 2.24) is 14.5 Å². The Morgan fingerprint density at radius 2 is 1.89 bits per heavy atom. The molecule has 4 rings (SSSR count). The summed E-state index contributed by atoms with van der Waals surface area (Å²) in [6.45, 7) is 7.55. The fourth-order valence-corrected chi connectivity index (χ4v) is 6.00. The molecule has 2 aromatic rings. The molecular weight excluding hydrogens is 392 g/mol. The number of fused-ring (bicyclic) bond motifs is 3. The van der Waals surface area contributed by atoms with Gasteiger partial charge < -0.3 is 9.80 Å².